The van der Waals surface area contributed by atoms with E-state index in [1.165, 1.54) is 38.4 Å². The summed E-state index contributed by atoms with van der Waals surface area (Å²) in [5.74, 6) is 2.82. The molecule has 1 heteroatoms. The predicted octanol–water partition coefficient (Wildman–Crippen LogP) is 3.67. The summed E-state index contributed by atoms with van der Waals surface area (Å²) in [5, 5.41) is 0. The Labute approximate surface area is 99.0 Å². The Morgan fingerprint density at radius 3 is 2.62 bits per heavy atom. The molecule has 5 atom stereocenters. The maximum Gasteiger partial charge on any atom is 0.123 e. The highest BCUT2D eigenvalue weighted by Gasteiger charge is 2.65. The highest BCUT2D eigenvalue weighted by molar-refractivity contribution is 5.55. The van der Waals surface area contributed by atoms with Crippen molar-refractivity contribution in [3.63, 3.8) is 0 Å². The van der Waals surface area contributed by atoms with E-state index in [4.69, 9.17) is 0 Å². The minimum absolute atomic E-state index is 0.360. The maximum absolute atomic E-state index is 11.2. The molecular weight excluding hydrogens is 196 g/mol. The molecule has 0 aromatic rings. The molecule has 0 saturated heterocycles. The molecule has 0 aromatic heterocycles. The Kier molecular flexibility index (Phi) is 2.10. The second-order valence-electron chi connectivity index (χ2n) is 7.23. The fourth-order valence-corrected chi connectivity index (χ4v) is 5.75. The smallest absolute Gasteiger partial charge is 0.123 e. The van der Waals surface area contributed by atoms with Crippen molar-refractivity contribution in [2.75, 3.05) is 0 Å². The molecule has 3 aliphatic carbocycles. The van der Waals surface area contributed by atoms with Crippen molar-refractivity contribution in [3.8, 4) is 0 Å². The first-order valence-corrected chi connectivity index (χ1v) is 6.97. The lowest BCUT2D eigenvalue weighted by Crippen LogP contribution is -2.32. The zero-order valence-electron chi connectivity index (χ0n) is 10.8. The molecule has 3 fully saturated rings. The molecule has 0 heterocycles. The van der Waals surface area contributed by atoms with E-state index in [2.05, 4.69) is 20.8 Å². The molecule has 0 amide bonds. The van der Waals surface area contributed by atoms with Gasteiger partial charge in [0, 0.05) is 5.92 Å². The first-order valence-electron chi connectivity index (χ1n) is 6.97. The quantitative estimate of drug-likeness (QED) is 0.616. The fraction of sp³-hybridized carbons (Fsp3) is 0.933. The van der Waals surface area contributed by atoms with Gasteiger partial charge in [-0.1, -0.05) is 20.8 Å². The molecule has 16 heavy (non-hydrogen) atoms. The molecule has 3 rings (SSSR count). The molecule has 1 spiro atoms. The van der Waals surface area contributed by atoms with Crippen LogP contribution in [0.1, 0.15) is 52.9 Å². The fourth-order valence-electron chi connectivity index (χ4n) is 5.75. The van der Waals surface area contributed by atoms with Crippen LogP contribution < -0.4 is 0 Å². The van der Waals surface area contributed by atoms with Crippen molar-refractivity contribution in [1.82, 2.24) is 0 Å². The Hall–Kier alpha value is -0.330. The zero-order valence-corrected chi connectivity index (χ0v) is 10.8. The molecule has 3 saturated carbocycles. The highest BCUT2D eigenvalue weighted by Crippen LogP contribution is 2.72. The van der Waals surface area contributed by atoms with Crippen LogP contribution in [0, 0.1) is 34.5 Å². The number of aldehydes is 1. The summed E-state index contributed by atoms with van der Waals surface area (Å²) in [6.07, 6.45) is 7.92. The first kappa shape index (κ1) is 10.8. The van der Waals surface area contributed by atoms with Crippen LogP contribution in [0.15, 0.2) is 0 Å². The number of fused-ring (bicyclic) bond motifs is 1. The average molecular weight is 220 g/mol. The van der Waals surface area contributed by atoms with E-state index in [1.54, 1.807) is 0 Å². The lowest BCUT2D eigenvalue weighted by Gasteiger charge is -2.39. The van der Waals surface area contributed by atoms with Gasteiger partial charge in [0.25, 0.3) is 0 Å². The topological polar surface area (TPSA) is 17.1 Å². The van der Waals surface area contributed by atoms with Crippen molar-refractivity contribution in [1.29, 1.82) is 0 Å². The van der Waals surface area contributed by atoms with Gasteiger partial charge in [-0.2, -0.15) is 0 Å². The van der Waals surface area contributed by atoms with Gasteiger partial charge in [-0.05, 0) is 60.7 Å². The van der Waals surface area contributed by atoms with E-state index < -0.39 is 0 Å². The SMILES string of the molecule is C[C@H]1CC[C@@H]2C(C)(C)[C@H]3C[C@]21CC[C@H]3C=O. The van der Waals surface area contributed by atoms with Crippen molar-refractivity contribution >= 4 is 6.29 Å². The minimum atomic E-state index is 0.360. The molecule has 0 unspecified atom stereocenters. The lowest BCUT2D eigenvalue weighted by atomic mass is 9.66. The standard InChI is InChI=1S/C15H24O/c1-10-4-5-13-14(2,3)12-8-15(10,13)7-6-11(12)9-16/h9-13H,4-8H2,1-3H3/t10-,11-,12-,13+,15-/m0/s1. The predicted molar refractivity (Wildman–Crippen MR) is 65.0 cm³/mol. The van der Waals surface area contributed by atoms with Crippen LogP contribution in [0.25, 0.3) is 0 Å². The van der Waals surface area contributed by atoms with Crippen molar-refractivity contribution in [2.24, 2.45) is 34.5 Å². The monoisotopic (exact) mass is 220 g/mol. The number of carbonyl (C=O) groups is 1. The van der Waals surface area contributed by atoms with Gasteiger partial charge in [0.15, 0.2) is 0 Å². The van der Waals surface area contributed by atoms with E-state index in [1.807, 2.05) is 0 Å². The summed E-state index contributed by atoms with van der Waals surface area (Å²) in [6.45, 7) is 7.33. The summed E-state index contributed by atoms with van der Waals surface area (Å²) >= 11 is 0. The van der Waals surface area contributed by atoms with Crippen LogP contribution in [0.2, 0.25) is 0 Å². The average Bonchev–Trinajstić information content (AvgIpc) is 2.65. The molecule has 2 bridgehead atoms. The van der Waals surface area contributed by atoms with Gasteiger partial charge in [0.2, 0.25) is 0 Å². The van der Waals surface area contributed by atoms with Crippen LogP contribution in [-0.4, -0.2) is 6.29 Å². The van der Waals surface area contributed by atoms with Crippen molar-refractivity contribution in [2.45, 2.75) is 52.9 Å². The summed E-state index contributed by atoms with van der Waals surface area (Å²) in [4.78, 5) is 11.2. The zero-order chi connectivity index (χ0) is 11.6. The van der Waals surface area contributed by atoms with Crippen LogP contribution >= 0.6 is 0 Å². The maximum atomic E-state index is 11.2. The van der Waals surface area contributed by atoms with E-state index in [9.17, 15) is 4.79 Å². The molecule has 0 radical (unpaired) electrons. The van der Waals surface area contributed by atoms with Gasteiger partial charge in [0.05, 0.1) is 0 Å². The third-order valence-electron chi connectivity index (χ3n) is 6.65. The molecule has 0 aromatic carbocycles. The summed E-state index contributed by atoms with van der Waals surface area (Å²) in [7, 11) is 0. The van der Waals surface area contributed by atoms with E-state index in [0.29, 0.717) is 22.7 Å². The molecule has 0 N–H and O–H groups in total. The van der Waals surface area contributed by atoms with Gasteiger partial charge in [0.1, 0.15) is 6.29 Å². The minimum Gasteiger partial charge on any atom is -0.303 e. The van der Waals surface area contributed by atoms with Crippen LogP contribution in [0.3, 0.4) is 0 Å². The van der Waals surface area contributed by atoms with Crippen LogP contribution in [0.5, 0.6) is 0 Å². The molecule has 3 aliphatic rings. The normalized spacial score (nSPS) is 53.7. The Morgan fingerprint density at radius 1 is 1.19 bits per heavy atom. The van der Waals surface area contributed by atoms with Gasteiger partial charge in [-0.3, -0.25) is 0 Å². The lowest BCUT2D eigenvalue weighted by molar-refractivity contribution is -0.115. The van der Waals surface area contributed by atoms with Crippen LogP contribution in [-0.2, 0) is 4.79 Å². The molecule has 1 nitrogen and oxygen atoms in total. The molecular formula is C15H24O. The number of hydrogen-bond acceptors (Lipinski definition) is 1. The summed E-state index contributed by atoms with van der Waals surface area (Å²) in [5.41, 5.74) is 1.03. The van der Waals surface area contributed by atoms with Gasteiger partial charge in [-0.25, -0.2) is 0 Å². The van der Waals surface area contributed by atoms with Crippen LogP contribution in [0.4, 0.5) is 0 Å². The highest BCUT2D eigenvalue weighted by atomic mass is 16.1. The number of hydrogen-bond donors (Lipinski definition) is 0. The third kappa shape index (κ3) is 1.05. The van der Waals surface area contributed by atoms with E-state index in [-0.39, 0.29) is 0 Å². The Morgan fingerprint density at radius 2 is 1.94 bits per heavy atom. The summed E-state index contributed by atoms with van der Waals surface area (Å²) in [6, 6.07) is 0. The van der Waals surface area contributed by atoms with Crippen molar-refractivity contribution in [3.05, 3.63) is 0 Å². The second-order valence-corrected chi connectivity index (χ2v) is 7.23. The Balaban J connectivity index is 2.03. The van der Waals surface area contributed by atoms with Gasteiger partial charge >= 0.3 is 0 Å². The number of rotatable bonds is 1. The van der Waals surface area contributed by atoms with Gasteiger partial charge < -0.3 is 4.79 Å². The van der Waals surface area contributed by atoms with Crippen molar-refractivity contribution < 1.29 is 4.79 Å². The van der Waals surface area contributed by atoms with E-state index >= 15 is 0 Å². The van der Waals surface area contributed by atoms with Gasteiger partial charge in [-0.15, -0.1) is 0 Å². The number of carbonyl (C=O) groups excluding carboxylic acids is 1. The first-order chi connectivity index (χ1) is 7.52. The molecule has 90 valence electrons. The largest absolute Gasteiger partial charge is 0.303 e. The Bertz CT molecular complexity index is 319. The molecule has 0 aliphatic heterocycles. The second kappa shape index (κ2) is 3.11. The third-order valence-corrected chi connectivity index (χ3v) is 6.65. The summed E-state index contributed by atoms with van der Waals surface area (Å²) < 4.78 is 0. The van der Waals surface area contributed by atoms with E-state index in [0.717, 1.165) is 11.8 Å².